The van der Waals surface area contributed by atoms with Crippen LogP contribution in [0.4, 0.5) is 5.69 Å². The van der Waals surface area contributed by atoms with Gasteiger partial charge in [-0.25, -0.2) is 9.97 Å². The first-order valence-electron chi connectivity index (χ1n) is 8.74. The topological polar surface area (TPSA) is 66.9 Å². The smallest absolute Gasteiger partial charge is 0.241 e. The summed E-state index contributed by atoms with van der Waals surface area (Å²) < 4.78 is 0. The molecule has 1 amide bonds. The van der Waals surface area contributed by atoms with E-state index in [1.807, 2.05) is 30.3 Å². The summed E-state index contributed by atoms with van der Waals surface area (Å²) >= 11 is 0. The number of nitrogens with one attached hydrogen (secondary N) is 2. The number of carbonyl (C=O) groups excluding carboxylic acids is 1. The summed E-state index contributed by atoms with van der Waals surface area (Å²) in [5.41, 5.74) is 1.62. The molecule has 1 saturated carbocycles. The van der Waals surface area contributed by atoms with Crippen LogP contribution in [0.15, 0.2) is 42.7 Å². The van der Waals surface area contributed by atoms with Gasteiger partial charge >= 0.3 is 0 Å². The van der Waals surface area contributed by atoms with Crippen LogP contribution in [-0.2, 0) is 4.79 Å². The fourth-order valence-corrected chi connectivity index (χ4v) is 3.88. The molecule has 24 heavy (non-hydrogen) atoms. The molecule has 3 unspecified atom stereocenters. The predicted molar refractivity (Wildman–Crippen MR) is 93.4 cm³/mol. The van der Waals surface area contributed by atoms with Crippen LogP contribution in [0.25, 0.3) is 11.4 Å². The highest BCUT2D eigenvalue weighted by molar-refractivity contribution is 5.94. The highest BCUT2D eigenvalue weighted by Gasteiger charge is 2.38. The zero-order valence-electron chi connectivity index (χ0n) is 13.6. The lowest BCUT2D eigenvalue weighted by Gasteiger charge is -2.24. The molecule has 2 aliphatic rings. The zero-order valence-corrected chi connectivity index (χ0v) is 13.6. The molecular weight excluding hydrogens is 300 g/mol. The predicted octanol–water partition coefficient (Wildman–Crippen LogP) is 3.00. The molecule has 1 aliphatic carbocycles. The van der Waals surface area contributed by atoms with E-state index >= 15 is 0 Å². The first-order chi connectivity index (χ1) is 11.8. The molecule has 5 nitrogen and oxygen atoms in total. The number of aromatic nitrogens is 2. The number of hydrogen-bond donors (Lipinski definition) is 2. The standard InChI is InChI=1S/C19H22N4O/c24-19(17-10-14-8-4-5-9-16(14)23-17)22-15-11-20-18(21-12-15)13-6-2-1-3-7-13/h1-3,6-7,11-12,14,16-17,23H,4-5,8-10H2,(H,22,24). The van der Waals surface area contributed by atoms with Gasteiger partial charge in [0.25, 0.3) is 0 Å². The molecule has 0 bridgehead atoms. The Morgan fingerprint density at radius 2 is 1.83 bits per heavy atom. The number of rotatable bonds is 3. The number of fused-ring (bicyclic) bond motifs is 1. The maximum atomic E-state index is 12.5. The molecule has 1 aromatic carbocycles. The van der Waals surface area contributed by atoms with Gasteiger partial charge in [-0.05, 0) is 25.2 Å². The van der Waals surface area contributed by atoms with Crippen molar-refractivity contribution in [2.45, 2.75) is 44.2 Å². The average Bonchev–Trinajstić information content (AvgIpc) is 3.07. The Labute approximate surface area is 141 Å². The molecule has 0 radical (unpaired) electrons. The Balaban J connectivity index is 1.39. The third-order valence-corrected chi connectivity index (χ3v) is 5.13. The second-order valence-electron chi connectivity index (χ2n) is 6.76. The first kappa shape index (κ1) is 15.3. The average molecular weight is 322 g/mol. The van der Waals surface area contributed by atoms with Gasteiger partial charge in [0.1, 0.15) is 0 Å². The number of carbonyl (C=O) groups is 1. The molecule has 1 saturated heterocycles. The summed E-state index contributed by atoms with van der Waals surface area (Å²) in [4.78, 5) is 21.2. The van der Waals surface area contributed by atoms with Crippen molar-refractivity contribution >= 4 is 11.6 Å². The Kier molecular flexibility index (Phi) is 4.26. The Morgan fingerprint density at radius 1 is 1.08 bits per heavy atom. The van der Waals surface area contributed by atoms with Crippen LogP contribution in [0.1, 0.15) is 32.1 Å². The van der Waals surface area contributed by atoms with Crippen molar-refractivity contribution < 1.29 is 4.79 Å². The third-order valence-electron chi connectivity index (χ3n) is 5.13. The molecule has 2 fully saturated rings. The molecule has 2 N–H and O–H groups in total. The maximum Gasteiger partial charge on any atom is 0.241 e. The summed E-state index contributed by atoms with van der Waals surface area (Å²) in [7, 11) is 0. The van der Waals surface area contributed by atoms with Crippen LogP contribution >= 0.6 is 0 Å². The molecular formula is C19H22N4O. The van der Waals surface area contributed by atoms with Crippen LogP contribution in [-0.4, -0.2) is 28.0 Å². The number of benzene rings is 1. The first-order valence-corrected chi connectivity index (χ1v) is 8.74. The van der Waals surface area contributed by atoms with Gasteiger partial charge in [-0.1, -0.05) is 43.2 Å². The second-order valence-corrected chi connectivity index (χ2v) is 6.76. The molecule has 1 aromatic heterocycles. The van der Waals surface area contributed by atoms with Gasteiger partial charge in [-0.2, -0.15) is 0 Å². The van der Waals surface area contributed by atoms with Gasteiger partial charge < -0.3 is 10.6 Å². The lowest BCUT2D eigenvalue weighted by molar-refractivity contribution is -0.117. The second kappa shape index (κ2) is 6.69. The van der Waals surface area contributed by atoms with Gasteiger partial charge in [0.15, 0.2) is 5.82 Å². The molecule has 0 spiro atoms. The zero-order chi connectivity index (χ0) is 16.4. The minimum absolute atomic E-state index is 0.0282. The normalized spacial score (nSPS) is 25.9. The van der Waals surface area contributed by atoms with E-state index in [4.69, 9.17) is 0 Å². The van der Waals surface area contributed by atoms with Crippen molar-refractivity contribution in [1.29, 1.82) is 0 Å². The van der Waals surface area contributed by atoms with Crippen LogP contribution in [0, 0.1) is 5.92 Å². The third kappa shape index (κ3) is 3.17. The van der Waals surface area contributed by atoms with Crippen molar-refractivity contribution in [3.8, 4) is 11.4 Å². The molecule has 3 atom stereocenters. The number of amides is 1. The fraction of sp³-hybridized carbons (Fsp3) is 0.421. The summed E-state index contributed by atoms with van der Waals surface area (Å²) in [6.07, 6.45) is 9.31. The van der Waals surface area contributed by atoms with E-state index in [0.29, 0.717) is 23.5 Å². The van der Waals surface area contributed by atoms with E-state index in [2.05, 4.69) is 20.6 Å². The van der Waals surface area contributed by atoms with E-state index in [9.17, 15) is 4.79 Å². The SMILES string of the molecule is O=C(Nc1cnc(-c2ccccc2)nc1)C1CC2CCCCC2N1. The van der Waals surface area contributed by atoms with Crippen LogP contribution in [0.2, 0.25) is 0 Å². The van der Waals surface area contributed by atoms with Gasteiger partial charge in [-0.3, -0.25) is 4.79 Å². The fourth-order valence-electron chi connectivity index (χ4n) is 3.88. The highest BCUT2D eigenvalue weighted by Crippen LogP contribution is 2.33. The van der Waals surface area contributed by atoms with Crippen molar-refractivity contribution in [2.24, 2.45) is 5.92 Å². The van der Waals surface area contributed by atoms with E-state index in [1.54, 1.807) is 12.4 Å². The number of nitrogens with zero attached hydrogens (tertiary/aromatic N) is 2. The summed E-state index contributed by atoms with van der Waals surface area (Å²) in [5.74, 6) is 1.35. The Hall–Kier alpha value is -2.27. The summed E-state index contributed by atoms with van der Waals surface area (Å²) in [5, 5.41) is 6.44. The van der Waals surface area contributed by atoms with E-state index in [1.165, 1.54) is 25.7 Å². The van der Waals surface area contributed by atoms with Gasteiger partial charge in [0, 0.05) is 11.6 Å². The lowest BCUT2D eigenvalue weighted by atomic mass is 9.85. The lowest BCUT2D eigenvalue weighted by Crippen LogP contribution is -2.39. The Bertz CT molecular complexity index is 687. The number of anilines is 1. The number of hydrogen-bond acceptors (Lipinski definition) is 4. The van der Waals surface area contributed by atoms with Crippen LogP contribution < -0.4 is 10.6 Å². The van der Waals surface area contributed by atoms with E-state index in [-0.39, 0.29) is 11.9 Å². The quantitative estimate of drug-likeness (QED) is 0.911. The Morgan fingerprint density at radius 3 is 2.58 bits per heavy atom. The molecule has 1 aliphatic heterocycles. The molecule has 5 heteroatoms. The van der Waals surface area contributed by atoms with Crippen LogP contribution in [0.5, 0.6) is 0 Å². The van der Waals surface area contributed by atoms with Gasteiger partial charge in [0.2, 0.25) is 5.91 Å². The largest absolute Gasteiger partial charge is 0.322 e. The molecule has 2 aromatic rings. The van der Waals surface area contributed by atoms with Crippen molar-refractivity contribution in [2.75, 3.05) is 5.32 Å². The van der Waals surface area contributed by atoms with Gasteiger partial charge in [0.05, 0.1) is 24.1 Å². The minimum atomic E-state index is -0.0908. The van der Waals surface area contributed by atoms with E-state index < -0.39 is 0 Å². The van der Waals surface area contributed by atoms with E-state index in [0.717, 1.165) is 12.0 Å². The minimum Gasteiger partial charge on any atom is -0.322 e. The van der Waals surface area contributed by atoms with Crippen molar-refractivity contribution in [1.82, 2.24) is 15.3 Å². The molecule has 4 rings (SSSR count). The maximum absolute atomic E-state index is 12.5. The monoisotopic (exact) mass is 322 g/mol. The van der Waals surface area contributed by atoms with Crippen molar-refractivity contribution in [3.05, 3.63) is 42.7 Å². The van der Waals surface area contributed by atoms with Crippen LogP contribution in [0.3, 0.4) is 0 Å². The summed E-state index contributed by atoms with van der Waals surface area (Å²) in [6.45, 7) is 0. The van der Waals surface area contributed by atoms with Gasteiger partial charge in [-0.15, -0.1) is 0 Å². The molecule has 2 heterocycles. The molecule has 124 valence electrons. The van der Waals surface area contributed by atoms with Crippen molar-refractivity contribution in [3.63, 3.8) is 0 Å². The highest BCUT2D eigenvalue weighted by atomic mass is 16.2. The summed E-state index contributed by atoms with van der Waals surface area (Å²) in [6, 6.07) is 10.2.